The number of rotatable bonds is 3. The van der Waals surface area contributed by atoms with Crippen LogP contribution in [0.4, 0.5) is 5.69 Å². The molecule has 0 aliphatic carbocycles. The van der Waals surface area contributed by atoms with Gasteiger partial charge in [0, 0.05) is 22.7 Å². The molecule has 1 aromatic heterocycles. The predicted octanol–water partition coefficient (Wildman–Crippen LogP) is 1.35. The molecule has 0 amide bonds. The van der Waals surface area contributed by atoms with E-state index in [1.807, 2.05) is 0 Å². The summed E-state index contributed by atoms with van der Waals surface area (Å²) < 4.78 is 24.7. The molecule has 2 aromatic rings. The zero-order valence-corrected chi connectivity index (χ0v) is 9.34. The van der Waals surface area contributed by atoms with Crippen molar-refractivity contribution in [2.24, 2.45) is 0 Å². The Morgan fingerprint density at radius 2 is 2.12 bits per heavy atom. The Kier molecular flexibility index (Phi) is 2.43. The molecule has 16 heavy (non-hydrogen) atoms. The second-order valence-corrected chi connectivity index (χ2v) is 5.21. The van der Waals surface area contributed by atoms with Crippen LogP contribution in [0.25, 0.3) is 10.9 Å². The quantitative estimate of drug-likeness (QED) is 0.792. The van der Waals surface area contributed by atoms with E-state index in [-0.39, 0.29) is 0 Å². The van der Waals surface area contributed by atoms with E-state index in [1.54, 1.807) is 24.4 Å². The predicted molar refractivity (Wildman–Crippen MR) is 62.2 cm³/mol. The lowest BCUT2D eigenvalue weighted by atomic mass is 10.1. The minimum Gasteiger partial charge on any atom is -0.360 e. The van der Waals surface area contributed by atoms with E-state index in [9.17, 15) is 13.2 Å². The van der Waals surface area contributed by atoms with Gasteiger partial charge in [-0.15, -0.1) is 0 Å². The maximum Gasteiger partial charge on any atom is 0.229 e. The van der Waals surface area contributed by atoms with Crippen LogP contribution in [0, 0.1) is 0 Å². The Morgan fingerprint density at radius 1 is 1.38 bits per heavy atom. The Labute approximate surface area is 92.5 Å². The van der Waals surface area contributed by atoms with Gasteiger partial charge >= 0.3 is 0 Å². The summed E-state index contributed by atoms with van der Waals surface area (Å²) in [6.45, 7) is 0. The third kappa shape index (κ3) is 1.92. The first-order valence-electron chi connectivity index (χ1n) is 4.54. The normalized spacial score (nSPS) is 11.6. The minimum absolute atomic E-state index is 0.406. The zero-order chi connectivity index (χ0) is 11.8. The summed E-state index contributed by atoms with van der Waals surface area (Å²) in [6.07, 6.45) is 3.30. The van der Waals surface area contributed by atoms with E-state index in [4.69, 9.17) is 0 Å². The molecule has 0 unspecified atom stereocenters. The lowest BCUT2D eigenvalue weighted by molar-refractivity contribution is 0.112. The maximum atomic E-state index is 11.2. The van der Waals surface area contributed by atoms with Crippen molar-refractivity contribution < 1.29 is 13.2 Å². The van der Waals surface area contributed by atoms with Crippen molar-refractivity contribution in [2.75, 3.05) is 11.0 Å². The molecule has 0 saturated carbocycles. The van der Waals surface area contributed by atoms with E-state index in [2.05, 4.69) is 9.71 Å². The summed E-state index contributed by atoms with van der Waals surface area (Å²) in [5.41, 5.74) is 1.56. The highest BCUT2D eigenvalue weighted by molar-refractivity contribution is 7.92. The van der Waals surface area contributed by atoms with Gasteiger partial charge in [-0.2, -0.15) is 0 Å². The van der Waals surface area contributed by atoms with Gasteiger partial charge < -0.3 is 4.98 Å². The van der Waals surface area contributed by atoms with E-state index >= 15 is 0 Å². The third-order valence-electron chi connectivity index (χ3n) is 2.16. The van der Waals surface area contributed by atoms with Gasteiger partial charge in [0.2, 0.25) is 10.0 Å². The number of hydrogen-bond acceptors (Lipinski definition) is 3. The molecule has 1 heterocycles. The summed E-state index contributed by atoms with van der Waals surface area (Å²) in [5, 5.41) is 0.586. The lowest BCUT2D eigenvalue weighted by Crippen LogP contribution is -2.09. The average molecular weight is 238 g/mol. The molecule has 5 nitrogen and oxygen atoms in total. The van der Waals surface area contributed by atoms with Crippen molar-refractivity contribution in [1.82, 2.24) is 4.98 Å². The molecule has 0 radical (unpaired) electrons. The second-order valence-electron chi connectivity index (χ2n) is 3.46. The number of H-pyrrole nitrogens is 1. The number of carbonyl (C=O) groups is 1. The number of sulfonamides is 1. The highest BCUT2D eigenvalue weighted by Gasteiger charge is 2.10. The Morgan fingerprint density at radius 3 is 2.75 bits per heavy atom. The van der Waals surface area contributed by atoms with Crippen molar-refractivity contribution in [2.45, 2.75) is 0 Å². The molecule has 0 aliphatic heterocycles. The van der Waals surface area contributed by atoms with Crippen LogP contribution in [0.1, 0.15) is 10.4 Å². The fraction of sp³-hybridized carbons (Fsp3) is 0.100. The standard InChI is InChI=1S/C10H10N2O3S/c1-16(14,15)12-9-4-2-3-8-10(9)7(6-13)5-11-8/h2-6,11-12H,1H3. The summed E-state index contributed by atoms with van der Waals surface area (Å²) >= 11 is 0. The molecule has 2 rings (SSSR count). The fourth-order valence-corrected chi connectivity index (χ4v) is 2.16. The number of carbonyl (C=O) groups excluding carboxylic acids is 1. The van der Waals surface area contributed by atoms with Gasteiger partial charge in [0.1, 0.15) is 0 Å². The highest BCUT2D eigenvalue weighted by atomic mass is 32.2. The molecule has 0 fully saturated rings. The van der Waals surface area contributed by atoms with Crippen molar-refractivity contribution in [3.8, 4) is 0 Å². The van der Waals surface area contributed by atoms with Gasteiger partial charge in [0.25, 0.3) is 0 Å². The van der Waals surface area contributed by atoms with E-state index < -0.39 is 10.0 Å². The summed E-state index contributed by atoms with van der Waals surface area (Å²) in [4.78, 5) is 13.7. The minimum atomic E-state index is -3.35. The van der Waals surface area contributed by atoms with Crippen LogP contribution in [0.2, 0.25) is 0 Å². The number of aromatic nitrogens is 1. The largest absolute Gasteiger partial charge is 0.360 e. The first kappa shape index (κ1) is 10.7. The molecule has 0 aliphatic rings. The molecular weight excluding hydrogens is 228 g/mol. The summed E-state index contributed by atoms with van der Waals surface area (Å²) in [6, 6.07) is 5.10. The van der Waals surface area contributed by atoms with Crippen LogP contribution < -0.4 is 4.72 Å². The number of nitrogens with one attached hydrogen (secondary N) is 2. The molecule has 6 heteroatoms. The number of benzene rings is 1. The Hall–Kier alpha value is -1.82. The van der Waals surface area contributed by atoms with Gasteiger partial charge in [-0.05, 0) is 12.1 Å². The fourth-order valence-electron chi connectivity index (χ4n) is 1.59. The zero-order valence-electron chi connectivity index (χ0n) is 8.52. The first-order valence-corrected chi connectivity index (χ1v) is 6.43. The van der Waals surface area contributed by atoms with Gasteiger partial charge in [-0.3, -0.25) is 9.52 Å². The van der Waals surface area contributed by atoms with Crippen LogP contribution in [0.15, 0.2) is 24.4 Å². The SMILES string of the molecule is CS(=O)(=O)Nc1cccc2[nH]cc(C=O)c12. The van der Waals surface area contributed by atoms with Gasteiger partial charge in [0.05, 0.1) is 11.9 Å². The number of aldehydes is 1. The molecule has 0 bridgehead atoms. The van der Waals surface area contributed by atoms with Crippen LogP contribution >= 0.6 is 0 Å². The smallest absolute Gasteiger partial charge is 0.229 e. The monoisotopic (exact) mass is 238 g/mol. The third-order valence-corrected chi connectivity index (χ3v) is 2.75. The van der Waals surface area contributed by atoms with Crippen molar-refractivity contribution in [3.05, 3.63) is 30.0 Å². The number of anilines is 1. The van der Waals surface area contributed by atoms with Gasteiger partial charge in [0.15, 0.2) is 6.29 Å². The second kappa shape index (κ2) is 3.64. The van der Waals surface area contributed by atoms with Crippen LogP contribution in [-0.4, -0.2) is 25.9 Å². The van der Waals surface area contributed by atoms with Crippen molar-refractivity contribution in [3.63, 3.8) is 0 Å². The van der Waals surface area contributed by atoms with Crippen LogP contribution in [0.5, 0.6) is 0 Å². The van der Waals surface area contributed by atoms with E-state index in [0.717, 1.165) is 11.8 Å². The molecule has 84 valence electrons. The topological polar surface area (TPSA) is 79.0 Å². The molecule has 0 spiro atoms. The van der Waals surface area contributed by atoms with Crippen molar-refractivity contribution in [1.29, 1.82) is 0 Å². The van der Waals surface area contributed by atoms with Crippen LogP contribution in [-0.2, 0) is 10.0 Å². The maximum absolute atomic E-state index is 11.2. The molecule has 0 saturated heterocycles. The number of aromatic amines is 1. The molecular formula is C10H10N2O3S. The number of hydrogen-bond donors (Lipinski definition) is 2. The van der Waals surface area contributed by atoms with Crippen molar-refractivity contribution >= 4 is 32.9 Å². The van der Waals surface area contributed by atoms with E-state index in [0.29, 0.717) is 22.9 Å². The van der Waals surface area contributed by atoms with Gasteiger partial charge in [-0.25, -0.2) is 8.42 Å². The first-order chi connectivity index (χ1) is 7.51. The van der Waals surface area contributed by atoms with Gasteiger partial charge in [-0.1, -0.05) is 6.07 Å². The van der Waals surface area contributed by atoms with Crippen LogP contribution in [0.3, 0.4) is 0 Å². The van der Waals surface area contributed by atoms with E-state index in [1.165, 1.54) is 0 Å². The lowest BCUT2D eigenvalue weighted by Gasteiger charge is -2.05. The summed E-state index contributed by atoms with van der Waals surface area (Å²) in [5.74, 6) is 0. The molecule has 0 atom stereocenters. The average Bonchev–Trinajstić information content (AvgIpc) is 2.59. The molecule has 2 N–H and O–H groups in total. The Bertz CT molecular complexity index is 643. The number of fused-ring (bicyclic) bond motifs is 1. The Balaban J connectivity index is 2.68. The highest BCUT2D eigenvalue weighted by Crippen LogP contribution is 2.26. The summed E-state index contributed by atoms with van der Waals surface area (Å²) in [7, 11) is -3.35. The molecule has 1 aromatic carbocycles.